The van der Waals surface area contributed by atoms with Crippen molar-refractivity contribution in [3.05, 3.63) is 72.7 Å². The predicted molar refractivity (Wildman–Crippen MR) is 149 cm³/mol. The Balaban J connectivity index is 1.35. The van der Waals surface area contributed by atoms with Crippen LogP contribution in [0.4, 0.5) is 17.1 Å². The highest BCUT2D eigenvalue weighted by Crippen LogP contribution is 2.20. The third-order valence-corrected chi connectivity index (χ3v) is 6.52. The van der Waals surface area contributed by atoms with Gasteiger partial charge in [-0.3, -0.25) is 14.6 Å². The second kappa shape index (κ2) is 13.5. The number of carbonyl (C=O) groups is 2. The third-order valence-electron chi connectivity index (χ3n) is 6.52. The monoisotopic (exact) mass is 516 g/mol. The van der Waals surface area contributed by atoms with Crippen LogP contribution in [-0.4, -0.2) is 59.0 Å². The summed E-state index contributed by atoms with van der Waals surface area (Å²) in [5.74, 6) is -0.0306. The van der Waals surface area contributed by atoms with Gasteiger partial charge in [0.1, 0.15) is 12.1 Å². The molecule has 3 heterocycles. The molecule has 3 aromatic rings. The number of ether oxygens (including phenoxy) is 1. The standard InChI is InChI=1S/C29H36N6O3/c1-3-4-8-26(34-28(36)21-6-5-7-23(19-21)32-22-11-15-30-16-12-22)29(37)33-24-9-10-27(31-20-24)38-25-13-17-35(2)18-14-25/h5-7,9-12,15-16,19-20,25-26H,3-4,8,13-14,17-18H2,1-2H3,(H,30,32)(H,33,37)(H,34,36)/t26-/m0/s1. The normalized spacial score (nSPS) is 14.9. The fraction of sp³-hybridized carbons (Fsp3) is 0.379. The fourth-order valence-electron chi connectivity index (χ4n) is 4.29. The molecule has 0 saturated carbocycles. The molecule has 2 aromatic heterocycles. The largest absolute Gasteiger partial charge is 0.474 e. The van der Waals surface area contributed by atoms with E-state index in [4.69, 9.17) is 4.74 Å². The van der Waals surface area contributed by atoms with Gasteiger partial charge < -0.3 is 25.6 Å². The lowest BCUT2D eigenvalue weighted by molar-refractivity contribution is -0.118. The number of hydrogen-bond acceptors (Lipinski definition) is 7. The van der Waals surface area contributed by atoms with Crippen molar-refractivity contribution in [1.29, 1.82) is 0 Å². The zero-order chi connectivity index (χ0) is 26.7. The van der Waals surface area contributed by atoms with Gasteiger partial charge in [-0.05, 0) is 62.7 Å². The number of likely N-dealkylation sites (tertiary alicyclic amines) is 1. The van der Waals surface area contributed by atoms with Crippen molar-refractivity contribution < 1.29 is 14.3 Å². The van der Waals surface area contributed by atoms with Gasteiger partial charge in [0, 0.05) is 48.5 Å². The van der Waals surface area contributed by atoms with Crippen molar-refractivity contribution in [2.75, 3.05) is 30.8 Å². The molecule has 200 valence electrons. The van der Waals surface area contributed by atoms with Crippen LogP contribution < -0.4 is 20.7 Å². The quantitative estimate of drug-likeness (QED) is 0.341. The highest BCUT2D eigenvalue weighted by atomic mass is 16.5. The van der Waals surface area contributed by atoms with Crippen molar-refractivity contribution in [1.82, 2.24) is 20.2 Å². The van der Waals surface area contributed by atoms with Gasteiger partial charge in [0.15, 0.2) is 0 Å². The number of rotatable bonds is 11. The first-order valence-corrected chi connectivity index (χ1v) is 13.2. The van der Waals surface area contributed by atoms with Crippen molar-refractivity contribution >= 4 is 28.9 Å². The van der Waals surface area contributed by atoms with E-state index in [0.29, 0.717) is 23.6 Å². The Kier molecular flexibility index (Phi) is 9.64. The minimum Gasteiger partial charge on any atom is -0.474 e. The number of nitrogens with one attached hydrogen (secondary N) is 3. The molecule has 2 amide bonds. The van der Waals surface area contributed by atoms with Gasteiger partial charge in [0.25, 0.3) is 5.91 Å². The highest BCUT2D eigenvalue weighted by Gasteiger charge is 2.22. The third kappa shape index (κ3) is 8.01. The van der Waals surface area contributed by atoms with Crippen molar-refractivity contribution in [3.8, 4) is 5.88 Å². The summed E-state index contributed by atoms with van der Waals surface area (Å²) in [6, 6.07) is 13.8. The van der Waals surface area contributed by atoms with Crippen LogP contribution >= 0.6 is 0 Å². The molecule has 3 N–H and O–H groups in total. The zero-order valence-electron chi connectivity index (χ0n) is 22.0. The van der Waals surface area contributed by atoms with E-state index in [1.165, 1.54) is 0 Å². The molecule has 1 fully saturated rings. The van der Waals surface area contributed by atoms with Gasteiger partial charge >= 0.3 is 0 Å². The first kappa shape index (κ1) is 27.1. The molecule has 0 radical (unpaired) electrons. The van der Waals surface area contributed by atoms with E-state index in [1.54, 1.807) is 48.9 Å². The van der Waals surface area contributed by atoms with E-state index >= 15 is 0 Å². The van der Waals surface area contributed by atoms with E-state index < -0.39 is 6.04 Å². The number of amides is 2. The van der Waals surface area contributed by atoms with Crippen LogP contribution in [0, 0.1) is 0 Å². The Hall–Kier alpha value is -3.98. The van der Waals surface area contributed by atoms with E-state index in [9.17, 15) is 9.59 Å². The Labute approximate surface area is 224 Å². The molecule has 1 saturated heterocycles. The minimum atomic E-state index is -0.672. The zero-order valence-corrected chi connectivity index (χ0v) is 22.0. The molecule has 38 heavy (non-hydrogen) atoms. The number of pyridine rings is 2. The average Bonchev–Trinajstić information content (AvgIpc) is 2.94. The van der Waals surface area contributed by atoms with Crippen molar-refractivity contribution in [3.63, 3.8) is 0 Å². The average molecular weight is 517 g/mol. The fourth-order valence-corrected chi connectivity index (χ4v) is 4.29. The lowest BCUT2D eigenvalue weighted by Crippen LogP contribution is -2.43. The number of unbranched alkanes of at least 4 members (excludes halogenated alkanes) is 1. The van der Waals surface area contributed by atoms with Gasteiger partial charge in [-0.1, -0.05) is 25.8 Å². The molecular formula is C29H36N6O3. The van der Waals surface area contributed by atoms with E-state index in [0.717, 1.165) is 50.1 Å². The summed E-state index contributed by atoms with van der Waals surface area (Å²) in [6.07, 6.45) is 9.34. The Morgan fingerprint density at radius 3 is 2.55 bits per heavy atom. The summed E-state index contributed by atoms with van der Waals surface area (Å²) in [4.78, 5) is 36.9. The lowest BCUT2D eigenvalue weighted by atomic mass is 10.1. The van der Waals surface area contributed by atoms with E-state index in [-0.39, 0.29) is 17.9 Å². The number of aromatic nitrogens is 2. The van der Waals surface area contributed by atoms with Crippen LogP contribution in [0.5, 0.6) is 5.88 Å². The first-order chi connectivity index (χ1) is 18.5. The molecule has 9 nitrogen and oxygen atoms in total. The van der Waals surface area contributed by atoms with Crippen LogP contribution in [-0.2, 0) is 4.79 Å². The molecular weight excluding hydrogens is 480 g/mol. The Morgan fingerprint density at radius 2 is 1.84 bits per heavy atom. The second-order valence-electron chi connectivity index (χ2n) is 9.60. The van der Waals surface area contributed by atoms with E-state index in [2.05, 4.69) is 44.8 Å². The molecule has 0 unspecified atom stereocenters. The summed E-state index contributed by atoms with van der Waals surface area (Å²) in [5, 5.41) is 9.06. The highest BCUT2D eigenvalue weighted by molar-refractivity contribution is 6.01. The van der Waals surface area contributed by atoms with Crippen molar-refractivity contribution in [2.24, 2.45) is 0 Å². The van der Waals surface area contributed by atoms with Crippen LogP contribution in [0.2, 0.25) is 0 Å². The van der Waals surface area contributed by atoms with Crippen LogP contribution in [0.15, 0.2) is 67.1 Å². The molecule has 0 spiro atoms. The maximum Gasteiger partial charge on any atom is 0.252 e. The maximum absolute atomic E-state index is 13.1. The predicted octanol–water partition coefficient (Wildman–Crippen LogP) is 4.62. The Bertz CT molecular complexity index is 1180. The summed E-state index contributed by atoms with van der Waals surface area (Å²) < 4.78 is 6.00. The molecule has 1 aliphatic heterocycles. The number of anilines is 3. The van der Waals surface area contributed by atoms with E-state index in [1.807, 2.05) is 18.2 Å². The first-order valence-electron chi connectivity index (χ1n) is 13.2. The SMILES string of the molecule is CCCC[C@H](NC(=O)c1cccc(Nc2ccncc2)c1)C(=O)Nc1ccc(OC2CCN(C)CC2)nc1. The number of carbonyl (C=O) groups excluding carboxylic acids is 2. The summed E-state index contributed by atoms with van der Waals surface area (Å²) in [5.41, 5.74) is 2.67. The van der Waals surface area contributed by atoms with Crippen LogP contribution in [0.25, 0.3) is 0 Å². The molecule has 1 aliphatic rings. The number of hydrogen-bond donors (Lipinski definition) is 3. The molecule has 1 aromatic carbocycles. The topological polar surface area (TPSA) is 108 Å². The minimum absolute atomic E-state index is 0.159. The number of benzene rings is 1. The van der Waals surface area contributed by atoms with Gasteiger partial charge in [-0.2, -0.15) is 0 Å². The van der Waals surface area contributed by atoms with Crippen LogP contribution in [0.3, 0.4) is 0 Å². The molecule has 9 heteroatoms. The molecule has 4 rings (SSSR count). The number of piperidine rings is 1. The summed E-state index contributed by atoms with van der Waals surface area (Å²) in [6.45, 7) is 4.07. The second-order valence-corrected chi connectivity index (χ2v) is 9.60. The molecule has 0 aliphatic carbocycles. The van der Waals surface area contributed by atoms with Crippen molar-refractivity contribution in [2.45, 2.75) is 51.2 Å². The van der Waals surface area contributed by atoms with Gasteiger partial charge in [0.2, 0.25) is 11.8 Å². The van der Waals surface area contributed by atoms with Crippen LogP contribution in [0.1, 0.15) is 49.4 Å². The van der Waals surface area contributed by atoms with Gasteiger partial charge in [-0.15, -0.1) is 0 Å². The molecule has 1 atom stereocenters. The lowest BCUT2D eigenvalue weighted by Gasteiger charge is -2.28. The maximum atomic E-state index is 13.1. The Morgan fingerprint density at radius 1 is 1.05 bits per heavy atom. The smallest absolute Gasteiger partial charge is 0.252 e. The van der Waals surface area contributed by atoms with Gasteiger partial charge in [-0.25, -0.2) is 4.98 Å². The summed E-state index contributed by atoms with van der Waals surface area (Å²) in [7, 11) is 2.11. The molecule has 0 bridgehead atoms. The summed E-state index contributed by atoms with van der Waals surface area (Å²) >= 11 is 0. The van der Waals surface area contributed by atoms with Gasteiger partial charge in [0.05, 0.1) is 11.9 Å². The number of nitrogens with zero attached hydrogens (tertiary/aromatic N) is 3.